The third kappa shape index (κ3) is 2.87. The molecule has 150 valence electrons. The number of rotatable bonds is 7. The highest BCUT2D eigenvalue weighted by Gasteiger charge is 2.83. The quantitative estimate of drug-likeness (QED) is 0.517. The lowest BCUT2D eigenvalue weighted by Crippen LogP contribution is -2.45. The molecule has 1 aliphatic heterocycles. The molecule has 2 saturated carbocycles. The second-order valence-corrected chi connectivity index (χ2v) is 14.4. The van der Waals surface area contributed by atoms with Crippen molar-refractivity contribution in [2.75, 3.05) is 13.7 Å². The van der Waals surface area contributed by atoms with Crippen LogP contribution in [0.1, 0.15) is 52.9 Å². The van der Waals surface area contributed by atoms with Crippen LogP contribution < -0.4 is 0 Å². The number of aliphatic hydroxyl groups is 1. The fourth-order valence-electron chi connectivity index (χ4n) is 5.56. The second kappa shape index (κ2) is 6.01. The molecule has 0 bridgehead atoms. The molecule has 2 aliphatic carbocycles. The Morgan fingerprint density at radius 1 is 1.35 bits per heavy atom. The molecule has 1 heterocycles. The van der Waals surface area contributed by atoms with Crippen molar-refractivity contribution in [3.63, 3.8) is 0 Å². The van der Waals surface area contributed by atoms with Crippen molar-refractivity contribution in [3.05, 3.63) is 0 Å². The predicted octanol–water partition coefficient (Wildman–Crippen LogP) is 2.58. The fraction of sp³-hybridized carbons (Fsp3) is 0.947. The van der Waals surface area contributed by atoms with E-state index in [2.05, 4.69) is 13.8 Å². The Labute approximate surface area is 157 Å². The minimum atomic E-state index is -2.44. The number of fused-ring (bicyclic) bond motifs is 3. The number of carbonyl (C=O) groups is 1. The summed E-state index contributed by atoms with van der Waals surface area (Å²) in [4.78, 5) is 23.1. The van der Waals surface area contributed by atoms with Crippen LogP contribution in [0.15, 0.2) is 0 Å². The normalized spacial score (nSPS) is 41.7. The summed E-state index contributed by atoms with van der Waals surface area (Å²) in [6.45, 7) is 10.3. The van der Waals surface area contributed by atoms with Gasteiger partial charge >= 0.3 is 5.97 Å². The molecule has 5 atom stereocenters. The molecule has 6 nitrogen and oxygen atoms in total. The molecule has 3 rings (SSSR count). The van der Waals surface area contributed by atoms with E-state index >= 15 is 0 Å². The Kier molecular flexibility index (Phi) is 4.68. The summed E-state index contributed by atoms with van der Waals surface area (Å²) in [5.41, 5.74) is -1.57. The van der Waals surface area contributed by atoms with E-state index in [9.17, 15) is 14.7 Å². The minimum Gasteiger partial charge on any atom is -0.466 e. The Morgan fingerprint density at radius 3 is 2.54 bits per heavy atom. The zero-order chi connectivity index (χ0) is 19.6. The van der Waals surface area contributed by atoms with Gasteiger partial charge in [-0.25, -0.2) is 0 Å². The Hall–Kier alpha value is -0.473. The van der Waals surface area contributed by atoms with Crippen molar-refractivity contribution >= 4 is 14.3 Å². The summed E-state index contributed by atoms with van der Waals surface area (Å²) < 4.78 is 16.7. The van der Waals surface area contributed by atoms with Gasteiger partial charge in [-0.3, -0.25) is 4.79 Å². The van der Waals surface area contributed by atoms with Gasteiger partial charge in [-0.15, -0.1) is 0 Å². The monoisotopic (exact) mass is 386 g/mol. The molecule has 26 heavy (non-hydrogen) atoms. The van der Waals surface area contributed by atoms with Crippen LogP contribution in [0.4, 0.5) is 0 Å². The lowest BCUT2D eigenvalue weighted by Gasteiger charge is -2.40. The number of ether oxygens (including phenoxy) is 3. The van der Waals surface area contributed by atoms with Gasteiger partial charge in [0.1, 0.15) is 0 Å². The summed E-state index contributed by atoms with van der Waals surface area (Å²) in [5.74, 6) is -0.209. The molecule has 0 aromatic carbocycles. The molecule has 3 fully saturated rings. The van der Waals surface area contributed by atoms with Gasteiger partial charge in [0.15, 0.2) is 14.6 Å². The van der Waals surface area contributed by atoms with Gasteiger partial charge in [-0.2, -0.15) is 0 Å². The molecule has 0 unspecified atom stereocenters. The molecule has 7 heteroatoms. The maximum absolute atomic E-state index is 12.3. The van der Waals surface area contributed by atoms with Crippen LogP contribution in [-0.2, 0) is 19.0 Å². The standard InChI is InChI=1S/C19H34O6Si/c1-7-24-13(20)8-17-11-18(17,10-16(2,3)26(5,6)22)15-19(21,12-17)9-14(23-4)25-15/h14-15,21-22H,7-12H2,1-6H3/t14-,15+,17-,18+,19+/m0/s1. The number of hydrogen-bond donors (Lipinski definition) is 2. The topological polar surface area (TPSA) is 85.2 Å². The first-order chi connectivity index (χ1) is 11.8. The van der Waals surface area contributed by atoms with Crippen molar-refractivity contribution in [3.8, 4) is 0 Å². The van der Waals surface area contributed by atoms with Gasteiger partial charge in [-0.05, 0) is 49.7 Å². The molecule has 0 radical (unpaired) electrons. The average Bonchev–Trinajstić information content (AvgIpc) is 2.81. The number of methoxy groups -OCH3 is 1. The Balaban J connectivity index is 1.92. The summed E-state index contributed by atoms with van der Waals surface area (Å²) in [5, 5.41) is 11.0. The average molecular weight is 387 g/mol. The second-order valence-electron chi connectivity index (χ2n) is 9.88. The van der Waals surface area contributed by atoms with Crippen LogP contribution in [-0.4, -0.2) is 55.9 Å². The van der Waals surface area contributed by atoms with E-state index in [0.29, 0.717) is 25.9 Å². The Bertz CT molecular complexity index is 587. The van der Waals surface area contributed by atoms with Crippen molar-refractivity contribution < 1.29 is 28.9 Å². The lowest BCUT2D eigenvalue weighted by atomic mass is 9.83. The SMILES string of the molecule is CCOC(=O)C[C@]12C[C@]3(O)C[C@@H](OC)O[C@@H]3[C@@]1(CC(C)(C)[Si](C)(C)O)C2. The molecule has 0 amide bonds. The molecule has 0 aromatic heterocycles. The van der Waals surface area contributed by atoms with Crippen molar-refractivity contribution in [2.45, 2.75) is 89.0 Å². The Morgan fingerprint density at radius 2 is 2.00 bits per heavy atom. The molecule has 3 aliphatic rings. The van der Waals surface area contributed by atoms with E-state index < -0.39 is 20.2 Å². The largest absolute Gasteiger partial charge is 0.466 e. The fourth-order valence-corrected chi connectivity index (χ4v) is 6.31. The summed E-state index contributed by atoms with van der Waals surface area (Å²) >= 11 is 0. The highest BCUT2D eigenvalue weighted by Crippen LogP contribution is 2.83. The van der Waals surface area contributed by atoms with E-state index in [4.69, 9.17) is 14.2 Å². The maximum atomic E-state index is 12.3. The molecular weight excluding hydrogens is 352 g/mol. The van der Waals surface area contributed by atoms with Crippen molar-refractivity contribution in [2.24, 2.45) is 10.8 Å². The number of esters is 1. The van der Waals surface area contributed by atoms with Crippen molar-refractivity contribution in [1.82, 2.24) is 0 Å². The van der Waals surface area contributed by atoms with Gasteiger partial charge in [0.05, 0.1) is 24.7 Å². The van der Waals surface area contributed by atoms with Gasteiger partial charge in [0.25, 0.3) is 0 Å². The van der Waals surface area contributed by atoms with Crippen LogP contribution in [0, 0.1) is 10.8 Å². The zero-order valence-electron chi connectivity index (χ0n) is 16.9. The van der Waals surface area contributed by atoms with Gasteiger partial charge in [-0.1, -0.05) is 13.8 Å². The number of carbonyl (C=O) groups excluding carboxylic acids is 1. The highest BCUT2D eigenvalue weighted by atomic mass is 28.4. The summed E-state index contributed by atoms with van der Waals surface area (Å²) in [7, 11) is -0.848. The summed E-state index contributed by atoms with van der Waals surface area (Å²) in [6, 6.07) is 0. The van der Waals surface area contributed by atoms with Crippen LogP contribution in [0.3, 0.4) is 0 Å². The van der Waals surface area contributed by atoms with Gasteiger partial charge < -0.3 is 24.1 Å². The highest BCUT2D eigenvalue weighted by molar-refractivity contribution is 6.72. The molecule has 0 spiro atoms. The van der Waals surface area contributed by atoms with Gasteiger partial charge in [0.2, 0.25) is 0 Å². The van der Waals surface area contributed by atoms with Crippen LogP contribution >= 0.6 is 0 Å². The third-order valence-corrected chi connectivity index (χ3v) is 11.0. The molecule has 1 saturated heterocycles. The minimum absolute atomic E-state index is 0.209. The van der Waals surface area contributed by atoms with E-state index in [1.807, 2.05) is 20.0 Å². The predicted molar refractivity (Wildman–Crippen MR) is 98.9 cm³/mol. The first-order valence-electron chi connectivity index (χ1n) is 9.63. The maximum Gasteiger partial charge on any atom is 0.306 e. The van der Waals surface area contributed by atoms with E-state index in [1.165, 1.54) is 0 Å². The zero-order valence-corrected chi connectivity index (χ0v) is 17.9. The smallest absolute Gasteiger partial charge is 0.306 e. The first kappa shape index (κ1) is 20.3. The van der Waals surface area contributed by atoms with Crippen LogP contribution in [0.2, 0.25) is 18.1 Å². The summed E-state index contributed by atoms with van der Waals surface area (Å²) in [6.07, 6.45) is 2.07. The molecular formula is C19H34O6Si. The van der Waals surface area contributed by atoms with E-state index in [0.717, 1.165) is 12.8 Å². The van der Waals surface area contributed by atoms with Crippen LogP contribution in [0.25, 0.3) is 0 Å². The molecule has 2 N–H and O–H groups in total. The molecule has 0 aromatic rings. The van der Waals surface area contributed by atoms with Crippen LogP contribution in [0.5, 0.6) is 0 Å². The van der Waals surface area contributed by atoms with Crippen molar-refractivity contribution in [1.29, 1.82) is 0 Å². The van der Waals surface area contributed by atoms with E-state index in [1.54, 1.807) is 7.11 Å². The first-order valence-corrected chi connectivity index (χ1v) is 12.6. The van der Waals surface area contributed by atoms with Gasteiger partial charge in [0, 0.05) is 18.9 Å². The third-order valence-electron chi connectivity index (χ3n) is 7.49. The number of hydrogen-bond acceptors (Lipinski definition) is 6. The lowest BCUT2D eigenvalue weighted by molar-refractivity contribution is -0.147. The van der Waals surface area contributed by atoms with E-state index in [-0.39, 0.29) is 27.9 Å².